The molecule has 126 valence electrons. The molecule has 0 aliphatic heterocycles. The number of halogens is 1. The van der Waals surface area contributed by atoms with E-state index in [4.69, 9.17) is 4.74 Å². The Morgan fingerprint density at radius 3 is 2.46 bits per heavy atom. The maximum Gasteiger partial charge on any atom is 0.338 e. The Morgan fingerprint density at radius 1 is 1.17 bits per heavy atom. The van der Waals surface area contributed by atoms with E-state index < -0.39 is 23.3 Å². The van der Waals surface area contributed by atoms with E-state index in [1.54, 1.807) is 26.0 Å². The highest BCUT2D eigenvalue weighted by Gasteiger charge is 2.10. The highest BCUT2D eigenvalue weighted by Crippen LogP contribution is 2.11. The van der Waals surface area contributed by atoms with Crippen LogP contribution in [0.4, 0.5) is 10.1 Å². The fourth-order valence-electron chi connectivity index (χ4n) is 1.95. The molecule has 0 saturated carbocycles. The number of anilines is 1. The number of hydrogen-bond acceptors (Lipinski definition) is 4. The predicted octanol–water partition coefficient (Wildman–Crippen LogP) is 2.19. The molecule has 1 aromatic carbocycles. The smallest absolute Gasteiger partial charge is 0.338 e. The number of benzene rings is 1. The minimum Gasteiger partial charge on any atom is -0.459 e. The number of nitrogens with one attached hydrogen (secondary N) is 1. The number of pyridine rings is 1. The molecule has 7 heteroatoms. The van der Waals surface area contributed by atoms with Crippen molar-refractivity contribution < 1.29 is 18.7 Å². The molecule has 0 unspecified atom stereocenters. The van der Waals surface area contributed by atoms with Crippen molar-refractivity contribution in [2.75, 3.05) is 5.32 Å². The first-order valence-corrected chi connectivity index (χ1v) is 7.32. The minimum atomic E-state index is -0.601. The zero-order valence-corrected chi connectivity index (χ0v) is 13.3. The van der Waals surface area contributed by atoms with Gasteiger partial charge in [0.05, 0.1) is 11.7 Å². The maximum absolute atomic E-state index is 13.1. The zero-order chi connectivity index (χ0) is 17.7. The topological polar surface area (TPSA) is 77.4 Å². The van der Waals surface area contributed by atoms with E-state index in [2.05, 4.69) is 5.32 Å². The molecule has 6 nitrogen and oxygen atoms in total. The van der Waals surface area contributed by atoms with Crippen molar-refractivity contribution in [3.63, 3.8) is 0 Å². The molecule has 0 aliphatic rings. The number of carbonyl (C=O) groups is 2. The van der Waals surface area contributed by atoms with Crippen molar-refractivity contribution in [1.29, 1.82) is 0 Å². The number of carbonyl (C=O) groups excluding carboxylic acids is 2. The zero-order valence-electron chi connectivity index (χ0n) is 13.3. The molecule has 2 rings (SSSR count). The summed E-state index contributed by atoms with van der Waals surface area (Å²) in [6.07, 6.45) is 0.744. The number of esters is 1. The van der Waals surface area contributed by atoms with E-state index >= 15 is 0 Å². The average molecular weight is 332 g/mol. The second-order valence-corrected chi connectivity index (χ2v) is 5.39. The SMILES string of the molecule is CC(C)OC(=O)c1ccc(NC(=O)Cn2cc(F)ccc2=O)cc1. The van der Waals surface area contributed by atoms with Crippen LogP contribution in [0.2, 0.25) is 0 Å². The Morgan fingerprint density at radius 2 is 1.83 bits per heavy atom. The number of ether oxygens (including phenoxy) is 1. The van der Waals surface area contributed by atoms with Crippen LogP contribution in [-0.4, -0.2) is 22.5 Å². The van der Waals surface area contributed by atoms with Crippen molar-refractivity contribution in [2.45, 2.75) is 26.5 Å². The van der Waals surface area contributed by atoms with Gasteiger partial charge in [-0.25, -0.2) is 9.18 Å². The fourth-order valence-corrected chi connectivity index (χ4v) is 1.95. The summed E-state index contributed by atoms with van der Waals surface area (Å²) in [5.74, 6) is -1.54. The summed E-state index contributed by atoms with van der Waals surface area (Å²) in [6.45, 7) is 3.19. The lowest BCUT2D eigenvalue weighted by Gasteiger charge is -2.09. The molecular weight excluding hydrogens is 315 g/mol. The lowest BCUT2D eigenvalue weighted by Crippen LogP contribution is -2.27. The molecule has 2 aromatic rings. The van der Waals surface area contributed by atoms with Crippen LogP contribution in [0.5, 0.6) is 0 Å². The molecule has 1 aromatic heterocycles. The second kappa shape index (κ2) is 7.54. The van der Waals surface area contributed by atoms with E-state index in [1.165, 1.54) is 12.1 Å². The number of amides is 1. The van der Waals surface area contributed by atoms with Crippen LogP contribution in [0.25, 0.3) is 0 Å². The van der Waals surface area contributed by atoms with Gasteiger partial charge in [-0.3, -0.25) is 9.59 Å². The molecule has 0 aliphatic carbocycles. The molecule has 0 radical (unpaired) electrons. The summed E-state index contributed by atoms with van der Waals surface area (Å²) in [7, 11) is 0. The van der Waals surface area contributed by atoms with Gasteiger partial charge in [0.15, 0.2) is 0 Å². The first-order chi connectivity index (χ1) is 11.3. The molecule has 1 heterocycles. The van der Waals surface area contributed by atoms with Gasteiger partial charge < -0.3 is 14.6 Å². The summed E-state index contributed by atoms with van der Waals surface area (Å²) in [4.78, 5) is 35.2. The van der Waals surface area contributed by atoms with Crippen LogP contribution >= 0.6 is 0 Å². The Labute approximate surface area is 137 Å². The third-order valence-electron chi connectivity index (χ3n) is 3.01. The highest BCUT2D eigenvalue weighted by atomic mass is 19.1. The van der Waals surface area contributed by atoms with Crippen LogP contribution in [0.1, 0.15) is 24.2 Å². The van der Waals surface area contributed by atoms with Crippen molar-refractivity contribution >= 4 is 17.6 Å². The number of nitrogens with zero attached hydrogens (tertiary/aromatic N) is 1. The quantitative estimate of drug-likeness (QED) is 0.852. The summed E-state index contributed by atoms with van der Waals surface area (Å²) < 4.78 is 19.1. The summed E-state index contributed by atoms with van der Waals surface area (Å²) in [6, 6.07) is 8.22. The van der Waals surface area contributed by atoms with Crippen LogP contribution in [0.3, 0.4) is 0 Å². The van der Waals surface area contributed by atoms with Gasteiger partial charge in [0.1, 0.15) is 12.4 Å². The highest BCUT2D eigenvalue weighted by molar-refractivity contribution is 5.93. The summed E-state index contributed by atoms with van der Waals surface area (Å²) >= 11 is 0. The molecule has 0 atom stereocenters. The van der Waals surface area contributed by atoms with Crippen LogP contribution < -0.4 is 10.9 Å². The lowest BCUT2D eigenvalue weighted by molar-refractivity contribution is -0.116. The van der Waals surface area contributed by atoms with Gasteiger partial charge in [0.25, 0.3) is 5.56 Å². The van der Waals surface area contributed by atoms with E-state index in [1.807, 2.05) is 0 Å². The van der Waals surface area contributed by atoms with E-state index in [9.17, 15) is 18.8 Å². The van der Waals surface area contributed by atoms with Gasteiger partial charge in [-0.2, -0.15) is 0 Å². The van der Waals surface area contributed by atoms with Crippen LogP contribution in [-0.2, 0) is 16.1 Å². The lowest BCUT2D eigenvalue weighted by atomic mass is 10.2. The Kier molecular flexibility index (Phi) is 5.47. The monoisotopic (exact) mass is 332 g/mol. The van der Waals surface area contributed by atoms with Gasteiger partial charge in [-0.15, -0.1) is 0 Å². The van der Waals surface area contributed by atoms with E-state index in [0.29, 0.717) is 11.3 Å². The Hall–Kier alpha value is -2.96. The first kappa shape index (κ1) is 17.4. The van der Waals surface area contributed by atoms with Crippen LogP contribution in [0.15, 0.2) is 47.4 Å². The number of rotatable bonds is 5. The normalized spacial score (nSPS) is 10.5. The molecule has 1 amide bonds. The van der Waals surface area contributed by atoms with Crippen LogP contribution in [0, 0.1) is 5.82 Å². The van der Waals surface area contributed by atoms with E-state index in [0.717, 1.165) is 22.9 Å². The summed E-state index contributed by atoms with van der Waals surface area (Å²) in [5.41, 5.74) is 0.340. The second-order valence-electron chi connectivity index (χ2n) is 5.39. The third-order valence-corrected chi connectivity index (χ3v) is 3.01. The molecule has 0 saturated heterocycles. The number of hydrogen-bond donors (Lipinski definition) is 1. The first-order valence-electron chi connectivity index (χ1n) is 7.32. The molecule has 24 heavy (non-hydrogen) atoms. The Bertz CT molecular complexity index is 797. The van der Waals surface area contributed by atoms with Gasteiger partial charge in [-0.1, -0.05) is 0 Å². The maximum atomic E-state index is 13.1. The Balaban J connectivity index is 2.00. The van der Waals surface area contributed by atoms with Gasteiger partial charge in [0.2, 0.25) is 5.91 Å². The largest absolute Gasteiger partial charge is 0.459 e. The van der Waals surface area contributed by atoms with Gasteiger partial charge in [0, 0.05) is 18.0 Å². The third kappa shape index (κ3) is 4.77. The minimum absolute atomic E-state index is 0.221. The molecule has 0 spiro atoms. The number of aromatic nitrogens is 1. The van der Waals surface area contributed by atoms with Gasteiger partial charge >= 0.3 is 5.97 Å². The standard InChI is InChI=1S/C17H17FN2O4/c1-11(2)24-17(23)12-3-6-14(7-4-12)19-15(21)10-20-9-13(18)5-8-16(20)22/h3-9,11H,10H2,1-2H3,(H,19,21). The van der Waals surface area contributed by atoms with Gasteiger partial charge in [-0.05, 0) is 44.2 Å². The van der Waals surface area contributed by atoms with E-state index in [-0.39, 0.29) is 12.6 Å². The molecule has 1 N–H and O–H groups in total. The van der Waals surface area contributed by atoms with Crippen molar-refractivity contribution in [2.24, 2.45) is 0 Å². The predicted molar refractivity (Wildman–Crippen MR) is 86.3 cm³/mol. The summed E-state index contributed by atoms with van der Waals surface area (Å²) in [5, 5.41) is 2.57. The molecular formula is C17H17FN2O4. The van der Waals surface area contributed by atoms with Crippen molar-refractivity contribution in [3.8, 4) is 0 Å². The van der Waals surface area contributed by atoms with Crippen molar-refractivity contribution in [1.82, 2.24) is 4.57 Å². The van der Waals surface area contributed by atoms with Crippen molar-refractivity contribution in [3.05, 3.63) is 64.3 Å². The molecule has 0 fully saturated rings. The molecule has 0 bridgehead atoms. The average Bonchev–Trinajstić information content (AvgIpc) is 2.51. The fraction of sp³-hybridized carbons (Fsp3) is 0.235.